The first-order chi connectivity index (χ1) is 12.7. The van der Waals surface area contributed by atoms with E-state index >= 15 is 0 Å². The zero-order valence-corrected chi connectivity index (χ0v) is 15.3. The van der Waals surface area contributed by atoms with Gasteiger partial charge in [-0.3, -0.25) is 19.5 Å². The molecule has 26 heavy (non-hydrogen) atoms. The molecule has 0 unspecified atom stereocenters. The fraction of sp³-hybridized carbons (Fsp3) is 0.650. The maximum absolute atomic E-state index is 12.9. The molecule has 3 fully saturated rings. The van der Waals surface area contributed by atoms with E-state index in [-0.39, 0.29) is 23.9 Å². The standard InChI is InChI=1S/C20H28N4O2/c25-19-18-14-23(13-16-6-8-21-9-7-16)10-11-24(18)20(26)17(22-19)12-15-4-2-1-3-5-15/h6-9,15,17-18H,1-5,10-14H2,(H,22,25)/t17-,18+/m0/s1. The first-order valence-electron chi connectivity index (χ1n) is 9.93. The number of aromatic nitrogens is 1. The number of hydrogen-bond acceptors (Lipinski definition) is 4. The minimum absolute atomic E-state index is 0.0184. The molecule has 6 nitrogen and oxygen atoms in total. The van der Waals surface area contributed by atoms with E-state index in [0.29, 0.717) is 19.0 Å². The Labute approximate surface area is 155 Å². The topological polar surface area (TPSA) is 65.5 Å². The molecular formula is C20H28N4O2. The van der Waals surface area contributed by atoms with Crippen LogP contribution < -0.4 is 5.32 Å². The molecule has 2 saturated heterocycles. The third-order valence-corrected chi connectivity index (χ3v) is 6.11. The van der Waals surface area contributed by atoms with E-state index in [0.717, 1.165) is 19.5 Å². The van der Waals surface area contributed by atoms with Crippen molar-refractivity contribution in [2.75, 3.05) is 19.6 Å². The third kappa shape index (κ3) is 3.75. The second-order valence-corrected chi connectivity index (χ2v) is 7.94. The summed E-state index contributed by atoms with van der Waals surface area (Å²) in [5, 5.41) is 3.03. The van der Waals surface area contributed by atoms with Crippen LogP contribution in [0.25, 0.3) is 0 Å². The number of rotatable bonds is 4. The van der Waals surface area contributed by atoms with Crippen LogP contribution in [0.1, 0.15) is 44.1 Å². The number of hydrogen-bond donors (Lipinski definition) is 1. The van der Waals surface area contributed by atoms with E-state index in [2.05, 4.69) is 15.2 Å². The van der Waals surface area contributed by atoms with Gasteiger partial charge in [0.05, 0.1) is 0 Å². The summed E-state index contributed by atoms with van der Waals surface area (Å²) in [5.41, 5.74) is 1.19. The molecule has 2 amide bonds. The Balaban J connectivity index is 1.37. The normalized spacial score (nSPS) is 27.9. The SMILES string of the molecule is O=C1N[C@@H](CC2CCCCC2)C(=O)N2CCN(Cc3ccncc3)C[C@H]12. The lowest BCUT2D eigenvalue weighted by Crippen LogP contribution is -2.69. The molecule has 0 aromatic carbocycles. The molecule has 6 heteroatoms. The van der Waals surface area contributed by atoms with Crippen molar-refractivity contribution in [3.05, 3.63) is 30.1 Å². The molecule has 0 bridgehead atoms. The van der Waals surface area contributed by atoms with Crippen LogP contribution in [-0.4, -0.2) is 58.3 Å². The van der Waals surface area contributed by atoms with E-state index in [1.165, 1.54) is 37.7 Å². The van der Waals surface area contributed by atoms with Gasteiger partial charge in [-0.25, -0.2) is 0 Å². The Morgan fingerprint density at radius 1 is 1.08 bits per heavy atom. The lowest BCUT2D eigenvalue weighted by molar-refractivity contribution is -0.153. The van der Waals surface area contributed by atoms with E-state index in [4.69, 9.17) is 0 Å². The molecule has 2 atom stereocenters. The number of amides is 2. The summed E-state index contributed by atoms with van der Waals surface area (Å²) in [6.45, 7) is 2.85. The maximum Gasteiger partial charge on any atom is 0.245 e. The molecule has 1 aromatic heterocycles. The maximum atomic E-state index is 12.9. The fourth-order valence-electron chi connectivity index (χ4n) is 4.66. The van der Waals surface area contributed by atoms with Gasteiger partial charge in [-0.15, -0.1) is 0 Å². The smallest absolute Gasteiger partial charge is 0.245 e. The number of pyridine rings is 1. The van der Waals surface area contributed by atoms with Crippen molar-refractivity contribution in [3.8, 4) is 0 Å². The molecule has 4 rings (SSSR count). The zero-order valence-electron chi connectivity index (χ0n) is 15.3. The van der Waals surface area contributed by atoms with Crippen LogP contribution in [-0.2, 0) is 16.1 Å². The number of fused-ring (bicyclic) bond motifs is 1. The fourth-order valence-corrected chi connectivity index (χ4v) is 4.66. The van der Waals surface area contributed by atoms with Gasteiger partial charge in [0, 0.05) is 38.6 Å². The summed E-state index contributed by atoms with van der Waals surface area (Å²) < 4.78 is 0. The van der Waals surface area contributed by atoms with Crippen molar-refractivity contribution in [1.82, 2.24) is 20.1 Å². The molecule has 1 N–H and O–H groups in total. The van der Waals surface area contributed by atoms with Gasteiger partial charge in [0.2, 0.25) is 11.8 Å². The van der Waals surface area contributed by atoms with Crippen molar-refractivity contribution < 1.29 is 9.59 Å². The van der Waals surface area contributed by atoms with Crippen molar-refractivity contribution in [1.29, 1.82) is 0 Å². The van der Waals surface area contributed by atoms with Crippen LogP contribution in [0.3, 0.4) is 0 Å². The highest BCUT2D eigenvalue weighted by Crippen LogP contribution is 2.29. The average molecular weight is 356 g/mol. The molecule has 3 aliphatic rings. The van der Waals surface area contributed by atoms with Gasteiger partial charge in [0.15, 0.2) is 0 Å². The Kier molecular flexibility index (Phi) is 5.20. The van der Waals surface area contributed by atoms with Gasteiger partial charge >= 0.3 is 0 Å². The minimum Gasteiger partial charge on any atom is -0.342 e. The van der Waals surface area contributed by atoms with Crippen molar-refractivity contribution in [2.24, 2.45) is 5.92 Å². The van der Waals surface area contributed by atoms with Gasteiger partial charge in [-0.2, -0.15) is 0 Å². The quantitative estimate of drug-likeness (QED) is 0.889. The van der Waals surface area contributed by atoms with E-state index < -0.39 is 0 Å². The van der Waals surface area contributed by atoms with Crippen molar-refractivity contribution >= 4 is 11.8 Å². The molecule has 0 spiro atoms. The average Bonchev–Trinajstić information content (AvgIpc) is 2.67. The predicted octanol–water partition coefficient (Wildman–Crippen LogP) is 1.56. The van der Waals surface area contributed by atoms with Crippen molar-refractivity contribution in [3.63, 3.8) is 0 Å². The zero-order chi connectivity index (χ0) is 17.9. The van der Waals surface area contributed by atoms with Crippen LogP contribution >= 0.6 is 0 Å². The molecule has 2 aliphatic heterocycles. The van der Waals surface area contributed by atoms with Gasteiger partial charge in [-0.1, -0.05) is 32.1 Å². The second-order valence-electron chi connectivity index (χ2n) is 7.94. The van der Waals surface area contributed by atoms with Crippen LogP contribution in [0, 0.1) is 5.92 Å². The molecular weight excluding hydrogens is 328 g/mol. The second kappa shape index (κ2) is 7.74. The summed E-state index contributed by atoms with van der Waals surface area (Å²) in [6, 6.07) is 3.34. The Morgan fingerprint density at radius 3 is 2.62 bits per heavy atom. The number of carbonyl (C=O) groups is 2. The first-order valence-corrected chi connectivity index (χ1v) is 9.93. The van der Waals surface area contributed by atoms with Crippen LogP contribution in [0.2, 0.25) is 0 Å². The highest BCUT2D eigenvalue weighted by atomic mass is 16.2. The predicted molar refractivity (Wildman–Crippen MR) is 98.1 cm³/mol. The lowest BCUT2D eigenvalue weighted by atomic mass is 9.84. The molecule has 1 saturated carbocycles. The Morgan fingerprint density at radius 2 is 1.85 bits per heavy atom. The summed E-state index contributed by atoms with van der Waals surface area (Å²) >= 11 is 0. The lowest BCUT2D eigenvalue weighted by Gasteiger charge is -2.45. The Bertz CT molecular complexity index is 644. The molecule has 0 radical (unpaired) electrons. The van der Waals surface area contributed by atoms with Gasteiger partial charge < -0.3 is 10.2 Å². The molecule has 1 aliphatic carbocycles. The molecule has 3 heterocycles. The third-order valence-electron chi connectivity index (χ3n) is 6.11. The summed E-state index contributed by atoms with van der Waals surface area (Å²) in [6.07, 6.45) is 10.6. The highest BCUT2D eigenvalue weighted by Gasteiger charge is 2.43. The summed E-state index contributed by atoms with van der Waals surface area (Å²) in [7, 11) is 0. The van der Waals surface area contributed by atoms with E-state index in [1.807, 2.05) is 17.0 Å². The summed E-state index contributed by atoms with van der Waals surface area (Å²) in [5.74, 6) is 0.733. The number of carbonyl (C=O) groups excluding carboxylic acids is 2. The monoisotopic (exact) mass is 356 g/mol. The van der Waals surface area contributed by atoms with Crippen LogP contribution in [0.15, 0.2) is 24.5 Å². The molecule has 140 valence electrons. The largest absolute Gasteiger partial charge is 0.342 e. The minimum atomic E-state index is -0.347. The van der Waals surface area contributed by atoms with Gasteiger partial charge in [-0.05, 0) is 30.0 Å². The van der Waals surface area contributed by atoms with Crippen LogP contribution in [0.4, 0.5) is 0 Å². The number of nitrogens with zero attached hydrogens (tertiary/aromatic N) is 3. The van der Waals surface area contributed by atoms with Gasteiger partial charge in [0.25, 0.3) is 0 Å². The molecule has 1 aromatic rings. The van der Waals surface area contributed by atoms with Gasteiger partial charge in [0.1, 0.15) is 12.1 Å². The highest BCUT2D eigenvalue weighted by molar-refractivity contribution is 5.97. The van der Waals surface area contributed by atoms with E-state index in [1.54, 1.807) is 12.4 Å². The summed E-state index contributed by atoms with van der Waals surface area (Å²) in [4.78, 5) is 33.7. The number of nitrogens with one attached hydrogen (secondary N) is 1. The van der Waals surface area contributed by atoms with E-state index in [9.17, 15) is 9.59 Å². The van der Waals surface area contributed by atoms with Crippen molar-refractivity contribution in [2.45, 2.75) is 57.2 Å². The number of piperazine rings is 2. The Hall–Kier alpha value is -1.95. The van der Waals surface area contributed by atoms with Crippen LogP contribution in [0.5, 0.6) is 0 Å². The first kappa shape index (κ1) is 17.5.